The first-order chi connectivity index (χ1) is 9.97. The minimum Gasteiger partial charge on any atom is -0.493 e. The molecule has 21 heavy (non-hydrogen) atoms. The van der Waals surface area contributed by atoms with Gasteiger partial charge in [0.05, 0.1) is 18.9 Å². The van der Waals surface area contributed by atoms with Crippen LogP contribution in [0.25, 0.3) is 0 Å². The van der Waals surface area contributed by atoms with E-state index in [1.165, 1.54) is 0 Å². The van der Waals surface area contributed by atoms with Gasteiger partial charge in [-0.05, 0) is 25.0 Å². The molecule has 1 N–H and O–H groups in total. The monoisotopic (exact) mass is 291 g/mol. The zero-order valence-electron chi connectivity index (χ0n) is 12.4. The van der Waals surface area contributed by atoms with E-state index in [1.54, 1.807) is 4.90 Å². The van der Waals surface area contributed by atoms with E-state index in [4.69, 9.17) is 9.84 Å². The zero-order chi connectivity index (χ0) is 15.4. The second-order valence-corrected chi connectivity index (χ2v) is 5.63. The fourth-order valence-corrected chi connectivity index (χ4v) is 2.54. The molecule has 1 saturated heterocycles. The van der Waals surface area contributed by atoms with Gasteiger partial charge in [-0.3, -0.25) is 9.59 Å². The van der Waals surface area contributed by atoms with Crippen LogP contribution in [0.4, 0.5) is 0 Å². The summed E-state index contributed by atoms with van der Waals surface area (Å²) in [6.07, 6.45) is 0.271. The van der Waals surface area contributed by atoms with Crippen LogP contribution in [0.3, 0.4) is 0 Å². The summed E-state index contributed by atoms with van der Waals surface area (Å²) in [5, 5.41) is 9.07. The molecule has 1 heterocycles. The Morgan fingerprint density at radius 1 is 1.29 bits per heavy atom. The average molecular weight is 291 g/mol. The number of hydrogen-bond donors (Lipinski definition) is 1. The van der Waals surface area contributed by atoms with Crippen LogP contribution in [0.2, 0.25) is 0 Å². The molecule has 1 aliphatic heterocycles. The van der Waals surface area contributed by atoms with Gasteiger partial charge in [-0.25, -0.2) is 0 Å². The SMILES string of the molecule is Cc1ccc(OCCC(=O)N2C[C@@H](C)[C@H](C(=O)O)C2)cc1. The van der Waals surface area contributed by atoms with Gasteiger partial charge in [-0.1, -0.05) is 24.6 Å². The van der Waals surface area contributed by atoms with Crippen molar-refractivity contribution in [3.8, 4) is 5.75 Å². The molecule has 2 atom stereocenters. The number of aliphatic carboxylic acids is 1. The van der Waals surface area contributed by atoms with Crippen LogP contribution in [0.5, 0.6) is 5.75 Å². The van der Waals surface area contributed by atoms with Gasteiger partial charge in [0, 0.05) is 13.1 Å². The molecule has 5 nitrogen and oxygen atoms in total. The van der Waals surface area contributed by atoms with E-state index in [2.05, 4.69) is 0 Å². The summed E-state index contributed by atoms with van der Waals surface area (Å²) >= 11 is 0. The lowest BCUT2D eigenvalue weighted by molar-refractivity contribution is -0.142. The molecule has 0 aromatic heterocycles. The zero-order valence-corrected chi connectivity index (χ0v) is 12.4. The van der Waals surface area contributed by atoms with Gasteiger partial charge in [0.1, 0.15) is 5.75 Å². The van der Waals surface area contributed by atoms with Gasteiger partial charge in [0.15, 0.2) is 0 Å². The lowest BCUT2D eigenvalue weighted by Gasteiger charge is -2.16. The maximum absolute atomic E-state index is 12.1. The minimum absolute atomic E-state index is 0.00414. The van der Waals surface area contributed by atoms with E-state index in [-0.39, 0.29) is 18.2 Å². The first kappa shape index (κ1) is 15.4. The Hall–Kier alpha value is -2.04. The number of carboxylic acid groups (broad SMARTS) is 1. The molecule has 0 aliphatic carbocycles. The van der Waals surface area contributed by atoms with Gasteiger partial charge in [-0.15, -0.1) is 0 Å². The largest absolute Gasteiger partial charge is 0.493 e. The standard InChI is InChI=1S/C16H21NO4/c1-11-3-5-13(6-4-11)21-8-7-15(18)17-9-12(2)14(10-17)16(19)20/h3-6,12,14H,7-10H2,1-2H3,(H,19,20)/t12-,14-/m1/s1. The van der Waals surface area contributed by atoms with Crippen LogP contribution in [-0.4, -0.2) is 41.6 Å². The highest BCUT2D eigenvalue weighted by Gasteiger charge is 2.36. The molecule has 1 amide bonds. The second-order valence-electron chi connectivity index (χ2n) is 5.63. The molecule has 0 radical (unpaired) electrons. The van der Waals surface area contributed by atoms with Gasteiger partial charge in [0.25, 0.3) is 0 Å². The highest BCUT2D eigenvalue weighted by molar-refractivity contribution is 5.79. The van der Waals surface area contributed by atoms with Crippen molar-refractivity contribution in [1.29, 1.82) is 0 Å². The number of aryl methyl sites for hydroxylation is 1. The van der Waals surface area contributed by atoms with Crippen LogP contribution in [-0.2, 0) is 9.59 Å². The Bertz CT molecular complexity index is 512. The highest BCUT2D eigenvalue weighted by Crippen LogP contribution is 2.23. The van der Waals surface area contributed by atoms with Crippen molar-refractivity contribution in [3.63, 3.8) is 0 Å². The van der Waals surface area contributed by atoms with E-state index in [0.29, 0.717) is 19.7 Å². The number of ether oxygens (including phenoxy) is 1. The Balaban J connectivity index is 1.77. The molecule has 1 aromatic rings. The van der Waals surface area contributed by atoms with E-state index in [1.807, 2.05) is 38.1 Å². The van der Waals surface area contributed by atoms with Crippen molar-refractivity contribution in [1.82, 2.24) is 4.90 Å². The Morgan fingerprint density at radius 2 is 1.95 bits per heavy atom. The number of carbonyl (C=O) groups is 2. The van der Waals surface area contributed by atoms with Crippen LogP contribution in [0.1, 0.15) is 18.9 Å². The smallest absolute Gasteiger partial charge is 0.308 e. The Morgan fingerprint density at radius 3 is 2.52 bits per heavy atom. The maximum atomic E-state index is 12.1. The van der Waals surface area contributed by atoms with Crippen LogP contribution in [0.15, 0.2) is 24.3 Å². The second kappa shape index (κ2) is 6.61. The van der Waals surface area contributed by atoms with Gasteiger partial charge < -0.3 is 14.7 Å². The van der Waals surface area contributed by atoms with E-state index < -0.39 is 11.9 Å². The summed E-state index contributed by atoms with van der Waals surface area (Å²) in [7, 11) is 0. The van der Waals surface area contributed by atoms with Crippen molar-refractivity contribution in [2.24, 2.45) is 11.8 Å². The Kier molecular flexibility index (Phi) is 4.83. The predicted octanol–water partition coefficient (Wildman–Crippen LogP) is 1.94. The van der Waals surface area contributed by atoms with Crippen LogP contribution in [0, 0.1) is 18.8 Å². The van der Waals surface area contributed by atoms with Crippen molar-refractivity contribution < 1.29 is 19.4 Å². The molecule has 0 unspecified atom stereocenters. The van der Waals surface area contributed by atoms with Gasteiger partial charge in [0.2, 0.25) is 5.91 Å². The first-order valence-corrected chi connectivity index (χ1v) is 7.17. The summed E-state index contributed by atoms with van der Waals surface area (Å²) in [4.78, 5) is 24.7. The summed E-state index contributed by atoms with van der Waals surface area (Å²) in [5.41, 5.74) is 1.16. The van der Waals surface area contributed by atoms with Crippen LogP contribution >= 0.6 is 0 Å². The molecule has 5 heteroatoms. The number of rotatable bonds is 5. The third kappa shape index (κ3) is 3.97. The lowest BCUT2D eigenvalue weighted by Crippen LogP contribution is -2.30. The molecule has 1 aliphatic rings. The topological polar surface area (TPSA) is 66.8 Å². The van der Waals surface area contributed by atoms with Gasteiger partial charge in [-0.2, -0.15) is 0 Å². The molecule has 0 spiro atoms. The maximum Gasteiger partial charge on any atom is 0.308 e. The highest BCUT2D eigenvalue weighted by atomic mass is 16.5. The summed E-state index contributed by atoms with van der Waals surface area (Å²) in [5.74, 6) is -0.575. The predicted molar refractivity (Wildman–Crippen MR) is 78.2 cm³/mol. The third-order valence-electron chi connectivity index (χ3n) is 3.89. The Labute approximate surface area is 124 Å². The number of amides is 1. The quantitative estimate of drug-likeness (QED) is 0.900. The van der Waals surface area contributed by atoms with E-state index in [0.717, 1.165) is 11.3 Å². The summed E-state index contributed by atoms with van der Waals surface area (Å²) in [6, 6.07) is 7.66. The normalized spacial score (nSPS) is 21.3. The molecule has 0 bridgehead atoms. The first-order valence-electron chi connectivity index (χ1n) is 7.17. The molecular weight excluding hydrogens is 270 g/mol. The molecule has 114 valence electrons. The van der Waals surface area contributed by atoms with Crippen molar-refractivity contribution >= 4 is 11.9 Å². The van der Waals surface area contributed by atoms with Crippen LogP contribution < -0.4 is 4.74 Å². The molecular formula is C16H21NO4. The lowest BCUT2D eigenvalue weighted by atomic mass is 9.99. The minimum atomic E-state index is -0.825. The van der Waals surface area contributed by atoms with E-state index >= 15 is 0 Å². The number of hydrogen-bond acceptors (Lipinski definition) is 3. The fraction of sp³-hybridized carbons (Fsp3) is 0.500. The van der Waals surface area contributed by atoms with Gasteiger partial charge >= 0.3 is 5.97 Å². The molecule has 0 saturated carbocycles. The number of benzene rings is 1. The van der Waals surface area contributed by atoms with E-state index in [9.17, 15) is 9.59 Å². The molecule has 1 aromatic carbocycles. The van der Waals surface area contributed by atoms with Crippen molar-refractivity contribution in [2.45, 2.75) is 20.3 Å². The third-order valence-corrected chi connectivity index (χ3v) is 3.89. The summed E-state index contributed by atoms with van der Waals surface area (Å²) < 4.78 is 5.53. The number of carboxylic acids is 1. The van der Waals surface area contributed by atoms with Crippen molar-refractivity contribution in [2.75, 3.05) is 19.7 Å². The van der Waals surface area contributed by atoms with Crippen molar-refractivity contribution in [3.05, 3.63) is 29.8 Å². The average Bonchev–Trinajstić information content (AvgIpc) is 2.83. The number of nitrogens with zero attached hydrogens (tertiary/aromatic N) is 1. The molecule has 1 fully saturated rings. The fourth-order valence-electron chi connectivity index (χ4n) is 2.54. The number of likely N-dealkylation sites (tertiary alicyclic amines) is 1. The molecule has 2 rings (SSSR count). The number of carbonyl (C=O) groups excluding carboxylic acids is 1. The summed E-state index contributed by atoms with van der Waals surface area (Å²) in [6.45, 7) is 5.00.